The molecule has 0 heterocycles. The molecule has 0 aromatic heterocycles. The monoisotopic (exact) mass is 286 g/mol. The fourth-order valence-corrected chi connectivity index (χ4v) is 1.74. The third kappa shape index (κ3) is 5.90. The Morgan fingerprint density at radius 3 is 2.20 bits per heavy atom. The van der Waals surface area contributed by atoms with Crippen molar-refractivity contribution in [2.24, 2.45) is 11.3 Å². The first kappa shape index (κ1) is 18.9. The number of carbonyl (C=O) groups is 2. The summed E-state index contributed by atoms with van der Waals surface area (Å²) in [5.41, 5.74) is -1.00. The first-order valence-corrected chi connectivity index (χ1v) is 7.31. The van der Waals surface area contributed by atoms with Crippen LogP contribution >= 0.6 is 0 Å². The van der Waals surface area contributed by atoms with E-state index in [1.165, 1.54) is 0 Å². The van der Waals surface area contributed by atoms with Crippen molar-refractivity contribution < 1.29 is 14.7 Å². The Labute approximate surface area is 122 Å². The lowest BCUT2D eigenvalue weighted by Crippen LogP contribution is -2.39. The number of carboxylic acid groups (broad SMARTS) is 1. The van der Waals surface area contributed by atoms with E-state index in [1.807, 2.05) is 20.9 Å². The highest BCUT2D eigenvalue weighted by atomic mass is 16.4. The van der Waals surface area contributed by atoms with Crippen LogP contribution in [0.15, 0.2) is 0 Å². The van der Waals surface area contributed by atoms with Gasteiger partial charge in [-0.3, -0.25) is 9.59 Å². The normalized spacial score (nSPS) is 14.7. The summed E-state index contributed by atoms with van der Waals surface area (Å²) in [5.74, 6) is -1.18. The van der Waals surface area contributed by atoms with Gasteiger partial charge in [-0.1, -0.05) is 13.8 Å². The van der Waals surface area contributed by atoms with Crippen molar-refractivity contribution in [2.75, 3.05) is 20.1 Å². The number of carboxylic acids is 1. The maximum atomic E-state index is 11.9. The van der Waals surface area contributed by atoms with Crippen LogP contribution in [0.1, 0.15) is 47.5 Å². The van der Waals surface area contributed by atoms with Crippen molar-refractivity contribution >= 4 is 11.9 Å². The van der Waals surface area contributed by atoms with Gasteiger partial charge in [-0.2, -0.15) is 0 Å². The largest absolute Gasteiger partial charge is 0.481 e. The molecule has 0 aliphatic rings. The second-order valence-electron chi connectivity index (χ2n) is 6.33. The van der Waals surface area contributed by atoms with Gasteiger partial charge in [-0.25, -0.2) is 0 Å². The predicted molar refractivity (Wildman–Crippen MR) is 80.6 cm³/mol. The molecule has 0 saturated carbocycles. The lowest BCUT2D eigenvalue weighted by Gasteiger charge is -2.28. The lowest BCUT2D eigenvalue weighted by molar-refractivity contribution is -0.153. The molecule has 118 valence electrons. The summed E-state index contributed by atoms with van der Waals surface area (Å²) in [6, 6.07) is 0.488. The van der Waals surface area contributed by atoms with Crippen LogP contribution in [0.4, 0.5) is 0 Å². The van der Waals surface area contributed by atoms with E-state index in [4.69, 9.17) is 0 Å². The molecular weight excluding hydrogens is 256 g/mol. The summed E-state index contributed by atoms with van der Waals surface area (Å²) < 4.78 is 0. The molecular formula is C15H30N2O3. The molecule has 1 atom stereocenters. The van der Waals surface area contributed by atoms with Crippen molar-refractivity contribution in [2.45, 2.75) is 53.5 Å². The summed E-state index contributed by atoms with van der Waals surface area (Å²) >= 11 is 0. The molecule has 0 aliphatic heterocycles. The summed E-state index contributed by atoms with van der Waals surface area (Å²) in [4.78, 5) is 25.4. The molecule has 5 heteroatoms. The maximum absolute atomic E-state index is 11.9. The number of amides is 1. The van der Waals surface area contributed by atoms with Gasteiger partial charge >= 0.3 is 5.97 Å². The van der Waals surface area contributed by atoms with Crippen LogP contribution in [0, 0.1) is 11.3 Å². The smallest absolute Gasteiger partial charge is 0.310 e. The van der Waals surface area contributed by atoms with E-state index < -0.39 is 11.4 Å². The molecule has 1 amide bonds. The molecule has 0 bridgehead atoms. The van der Waals surface area contributed by atoms with E-state index in [9.17, 15) is 14.7 Å². The minimum atomic E-state index is -1.00. The number of carbonyl (C=O) groups excluding carboxylic acids is 1. The van der Waals surface area contributed by atoms with Crippen molar-refractivity contribution in [1.82, 2.24) is 10.2 Å². The van der Waals surface area contributed by atoms with Gasteiger partial charge in [-0.15, -0.1) is 0 Å². The highest BCUT2D eigenvalue weighted by Gasteiger charge is 2.38. The average molecular weight is 286 g/mol. The minimum Gasteiger partial charge on any atom is -0.481 e. The van der Waals surface area contributed by atoms with Crippen molar-refractivity contribution in [3.8, 4) is 0 Å². The Balaban J connectivity index is 4.14. The third-order valence-electron chi connectivity index (χ3n) is 4.18. The van der Waals surface area contributed by atoms with Gasteiger partial charge < -0.3 is 15.3 Å². The molecule has 0 aromatic rings. The van der Waals surface area contributed by atoms with E-state index in [-0.39, 0.29) is 18.2 Å². The number of nitrogens with one attached hydrogen (secondary N) is 1. The van der Waals surface area contributed by atoms with Gasteiger partial charge in [0.1, 0.15) is 0 Å². The maximum Gasteiger partial charge on any atom is 0.310 e. The van der Waals surface area contributed by atoms with Gasteiger partial charge in [0.15, 0.2) is 0 Å². The van der Waals surface area contributed by atoms with Crippen LogP contribution in [0.3, 0.4) is 0 Å². The van der Waals surface area contributed by atoms with E-state index in [0.29, 0.717) is 12.6 Å². The Hall–Kier alpha value is -1.10. The van der Waals surface area contributed by atoms with Gasteiger partial charge in [-0.05, 0) is 46.7 Å². The number of rotatable bonds is 9. The zero-order chi connectivity index (χ0) is 15.9. The summed E-state index contributed by atoms with van der Waals surface area (Å²) in [7, 11) is 2.05. The predicted octanol–water partition coefficient (Wildman–Crippen LogP) is 1.97. The summed E-state index contributed by atoms with van der Waals surface area (Å²) in [6.07, 6.45) is 0.895. The zero-order valence-corrected chi connectivity index (χ0v) is 13.7. The molecule has 20 heavy (non-hydrogen) atoms. The van der Waals surface area contributed by atoms with E-state index in [0.717, 1.165) is 13.0 Å². The van der Waals surface area contributed by atoms with E-state index in [2.05, 4.69) is 24.1 Å². The summed E-state index contributed by atoms with van der Waals surface area (Å²) in [5, 5.41) is 12.1. The van der Waals surface area contributed by atoms with Gasteiger partial charge in [0.25, 0.3) is 0 Å². The van der Waals surface area contributed by atoms with Crippen LogP contribution in [-0.4, -0.2) is 48.1 Å². The van der Waals surface area contributed by atoms with Gasteiger partial charge in [0.05, 0.1) is 5.41 Å². The molecule has 0 fully saturated rings. The molecule has 2 N–H and O–H groups in total. The number of hydrogen-bond acceptors (Lipinski definition) is 3. The fraction of sp³-hybridized carbons (Fsp3) is 0.867. The molecule has 0 saturated heterocycles. The van der Waals surface area contributed by atoms with Crippen LogP contribution in [0.2, 0.25) is 0 Å². The second-order valence-corrected chi connectivity index (χ2v) is 6.33. The average Bonchev–Trinajstić information content (AvgIpc) is 2.33. The minimum absolute atomic E-state index is 0.0278. The standard InChI is InChI=1S/C15H30N2O3/c1-11(2)15(5,14(19)20)10-13(18)16-8-7-9-17(6)12(3)4/h11-12H,7-10H2,1-6H3,(H,16,18)(H,19,20). The fourth-order valence-electron chi connectivity index (χ4n) is 1.74. The quantitative estimate of drug-likeness (QED) is 0.636. The molecule has 0 aromatic carbocycles. The van der Waals surface area contributed by atoms with Crippen molar-refractivity contribution in [3.05, 3.63) is 0 Å². The Kier molecular flexibility index (Phi) is 7.79. The molecule has 0 spiro atoms. The first-order valence-electron chi connectivity index (χ1n) is 7.31. The second kappa shape index (κ2) is 8.25. The number of nitrogens with zero attached hydrogens (tertiary/aromatic N) is 1. The van der Waals surface area contributed by atoms with Crippen LogP contribution in [-0.2, 0) is 9.59 Å². The van der Waals surface area contributed by atoms with E-state index in [1.54, 1.807) is 6.92 Å². The van der Waals surface area contributed by atoms with Crippen LogP contribution in [0.5, 0.6) is 0 Å². The molecule has 1 unspecified atom stereocenters. The molecule has 0 rings (SSSR count). The molecule has 5 nitrogen and oxygen atoms in total. The number of aliphatic carboxylic acids is 1. The SMILES string of the molecule is CC(C)N(C)CCCNC(=O)CC(C)(C(=O)O)C(C)C. The molecule has 0 radical (unpaired) electrons. The Morgan fingerprint density at radius 1 is 1.25 bits per heavy atom. The summed E-state index contributed by atoms with van der Waals surface area (Å²) in [6.45, 7) is 11.0. The highest BCUT2D eigenvalue weighted by molar-refractivity contribution is 5.84. The number of hydrogen-bond donors (Lipinski definition) is 2. The van der Waals surface area contributed by atoms with Gasteiger partial charge in [0.2, 0.25) is 5.91 Å². The van der Waals surface area contributed by atoms with Gasteiger partial charge in [0, 0.05) is 19.0 Å². The Bertz CT molecular complexity index is 329. The lowest BCUT2D eigenvalue weighted by atomic mass is 9.76. The van der Waals surface area contributed by atoms with Crippen molar-refractivity contribution in [1.29, 1.82) is 0 Å². The van der Waals surface area contributed by atoms with E-state index >= 15 is 0 Å². The Morgan fingerprint density at radius 2 is 1.80 bits per heavy atom. The first-order chi connectivity index (χ1) is 9.11. The van der Waals surface area contributed by atoms with Crippen LogP contribution in [0.25, 0.3) is 0 Å². The molecule has 0 aliphatic carbocycles. The zero-order valence-electron chi connectivity index (χ0n) is 13.7. The highest BCUT2D eigenvalue weighted by Crippen LogP contribution is 2.31. The topological polar surface area (TPSA) is 69.6 Å². The van der Waals surface area contributed by atoms with Crippen molar-refractivity contribution in [3.63, 3.8) is 0 Å². The third-order valence-corrected chi connectivity index (χ3v) is 4.18. The van der Waals surface area contributed by atoms with Crippen LogP contribution < -0.4 is 5.32 Å².